The molecule has 1 aromatic carbocycles. The molecule has 0 unspecified atom stereocenters. The molecule has 0 atom stereocenters. The van der Waals surface area contributed by atoms with Gasteiger partial charge in [-0.25, -0.2) is 23.1 Å². The van der Waals surface area contributed by atoms with Crippen molar-refractivity contribution in [1.82, 2.24) is 15.0 Å². The molecule has 0 saturated heterocycles. The van der Waals surface area contributed by atoms with Gasteiger partial charge in [-0.3, -0.25) is 4.98 Å². The van der Waals surface area contributed by atoms with E-state index in [-0.39, 0.29) is 10.9 Å². The van der Waals surface area contributed by atoms with Crippen LogP contribution < -0.4 is 4.74 Å². The average Bonchev–Trinajstić information content (AvgIpc) is 2.54. The van der Waals surface area contributed by atoms with E-state index in [0.717, 1.165) is 6.20 Å². The van der Waals surface area contributed by atoms with Crippen molar-refractivity contribution < 1.29 is 17.9 Å². The highest BCUT2D eigenvalue weighted by atomic mass is 35.5. The third-order valence-corrected chi connectivity index (χ3v) is 3.34. The largest absolute Gasteiger partial charge is 0.485 e. The van der Waals surface area contributed by atoms with Crippen molar-refractivity contribution in [3.05, 3.63) is 47.8 Å². The van der Waals surface area contributed by atoms with Gasteiger partial charge in [0.15, 0.2) is 0 Å². The molecule has 0 fully saturated rings. The summed E-state index contributed by atoms with van der Waals surface area (Å²) in [5.74, 6) is -0.349. The minimum absolute atomic E-state index is 0.133. The van der Waals surface area contributed by atoms with E-state index < -0.39 is 18.8 Å². The lowest BCUT2D eigenvalue weighted by Crippen LogP contribution is -2.07. The molecule has 0 aliphatic rings. The molecule has 2 aromatic heterocycles. The third kappa shape index (κ3) is 3.34. The molecule has 0 aliphatic heterocycles. The van der Waals surface area contributed by atoms with E-state index in [1.807, 2.05) is 0 Å². The zero-order valence-corrected chi connectivity index (χ0v) is 12.3. The first-order valence-corrected chi connectivity index (χ1v) is 6.89. The molecule has 0 radical (unpaired) electrons. The zero-order valence-electron chi connectivity index (χ0n) is 11.5. The number of hydrogen-bond donors (Lipinski definition) is 0. The average molecular weight is 340 g/mol. The van der Waals surface area contributed by atoms with Crippen LogP contribution in [0.4, 0.5) is 13.2 Å². The van der Waals surface area contributed by atoms with Crippen molar-refractivity contribution in [2.45, 2.75) is 6.43 Å². The summed E-state index contributed by atoms with van der Waals surface area (Å²) in [6, 6.07) is 5.86. The monoisotopic (exact) mass is 339 g/mol. The van der Waals surface area contributed by atoms with Crippen LogP contribution in [0.5, 0.6) is 5.75 Å². The molecule has 0 bridgehead atoms. The number of ether oxygens (including phenoxy) is 1. The van der Waals surface area contributed by atoms with Gasteiger partial charge in [-0.15, -0.1) is 0 Å². The van der Waals surface area contributed by atoms with Crippen LogP contribution in [0.25, 0.3) is 22.2 Å². The Hall–Kier alpha value is -2.41. The maximum Gasteiger partial charge on any atom is 0.272 e. The van der Waals surface area contributed by atoms with E-state index in [1.54, 1.807) is 6.07 Å². The maximum absolute atomic E-state index is 13.0. The van der Waals surface area contributed by atoms with E-state index in [0.29, 0.717) is 22.2 Å². The van der Waals surface area contributed by atoms with Gasteiger partial charge in [-0.05, 0) is 24.3 Å². The van der Waals surface area contributed by atoms with Gasteiger partial charge in [-0.1, -0.05) is 11.6 Å². The molecule has 23 heavy (non-hydrogen) atoms. The standard InChI is InChI=1S/C15H9ClF3N3O/c16-15-10-3-8(11-2-1-9(17)5-20-11)4-12(23-6-13(18)19)14(10)21-7-22-15/h1-5,7,13H,6H2. The third-order valence-electron chi connectivity index (χ3n) is 3.04. The summed E-state index contributed by atoms with van der Waals surface area (Å²) in [6.45, 7) is -0.781. The van der Waals surface area contributed by atoms with Gasteiger partial charge < -0.3 is 4.74 Å². The van der Waals surface area contributed by atoms with Crippen molar-refractivity contribution >= 4 is 22.5 Å². The number of hydrogen-bond acceptors (Lipinski definition) is 4. The highest BCUT2D eigenvalue weighted by molar-refractivity contribution is 6.34. The Morgan fingerprint density at radius 1 is 1.13 bits per heavy atom. The number of pyridine rings is 1. The van der Waals surface area contributed by atoms with E-state index in [4.69, 9.17) is 16.3 Å². The molecular weight excluding hydrogens is 331 g/mol. The van der Waals surface area contributed by atoms with Crippen LogP contribution in [0.15, 0.2) is 36.8 Å². The Balaban J connectivity index is 2.15. The van der Waals surface area contributed by atoms with Gasteiger partial charge in [0, 0.05) is 10.9 Å². The number of nitrogens with zero attached hydrogens (tertiary/aromatic N) is 3. The molecular formula is C15H9ClF3N3O. The lowest BCUT2D eigenvalue weighted by Gasteiger charge is -2.11. The minimum Gasteiger partial charge on any atom is -0.485 e. The van der Waals surface area contributed by atoms with Crippen LogP contribution in [0.3, 0.4) is 0 Å². The Bertz CT molecular complexity index is 843. The molecule has 0 saturated carbocycles. The van der Waals surface area contributed by atoms with Crippen LogP contribution in [0, 0.1) is 5.82 Å². The second kappa shape index (κ2) is 6.37. The van der Waals surface area contributed by atoms with Crippen molar-refractivity contribution in [2.75, 3.05) is 6.61 Å². The summed E-state index contributed by atoms with van der Waals surface area (Å²) in [4.78, 5) is 11.8. The first-order valence-electron chi connectivity index (χ1n) is 6.51. The van der Waals surface area contributed by atoms with E-state index in [1.165, 1.54) is 24.5 Å². The molecule has 0 N–H and O–H groups in total. The van der Waals surface area contributed by atoms with Crippen molar-refractivity contribution in [1.29, 1.82) is 0 Å². The van der Waals surface area contributed by atoms with Crippen molar-refractivity contribution in [3.63, 3.8) is 0 Å². The highest BCUT2D eigenvalue weighted by Gasteiger charge is 2.14. The van der Waals surface area contributed by atoms with Crippen LogP contribution in [0.1, 0.15) is 0 Å². The Morgan fingerprint density at radius 2 is 1.96 bits per heavy atom. The first-order chi connectivity index (χ1) is 11.0. The van der Waals surface area contributed by atoms with E-state index in [2.05, 4.69) is 15.0 Å². The molecule has 0 aliphatic carbocycles. The summed E-state index contributed by atoms with van der Waals surface area (Å²) in [5.41, 5.74) is 1.28. The molecule has 2 heterocycles. The van der Waals surface area contributed by atoms with Crippen LogP contribution in [-0.2, 0) is 0 Å². The molecule has 0 spiro atoms. The number of rotatable bonds is 4. The predicted octanol–water partition coefficient (Wildman–Crippen LogP) is 4.13. The van der Waals surface area contributed by atoms with Crippen LogP contribution >= 0.6 is 11.6 Å². The quantitative estimate of drug-likeness (QED) is 0.671. The van der Waals surface area contributed by atoms with Gasteiger partial charge in [0.25, 0.3) is 6.43 Å². The molecule has 0 amide bonds. The fourth-order valence-electron chi connectivity index (χ4n) is 2.06. The fraction of sp³-hybridized carbons (Fsp3) is 0.133. The first kappa shape index (κ1) is 15.5. The lowest BCUT2D eigenvalue weighted by molar-refractivity contribution is 0.0826. The summed E-state index contributed by atoms with van der Waals surface area (Å²) >= 11 is 6.04. The fourth-order valence-corrected chi connectivity index (χ4v) is 2.25. The normalized spacial score (nSPS) is 11.2. The number of aromatic nitrogens is 3. The van der Waals surface area contributed by atoms with E-state index >= 15 is 0 Å². The second-order valence-corrected chi connectivity index (χ2v) is 4.96. The topological polar surface area (TPSA) is 47.9 Å². The second-order valence-electron chi connectivity index (χ2n) is 4.60. The van der Waals surface area contributed by atoms with Crippen molar-refractivity contribution in [3.8, 4) is 17.0 Å². The van der Waals surface area contributed by atoms with Gasteiger partial charge in [0.1, 0.15) is 35.2 Å². The zero-order chi connectivity index (χ0) is 16.4. The smallest absolute Gasteiger partial charge is 0.272 e. The summed E-state index contributed by atoms with van der Waals surface area (Å²) in [6.07, 6.45) is -0.354. The van der Waals surface area contributed by atoms with Gasteiger partial charge in [0.2, 0.25) is 0 Å². The Labute approximate surface area is 133 Å². The van der Waals surface area contributed by atoms with Crippen molar-refractivity contribution in [2.24, 2.45) is 0 Å². The Morgan fingerprint density at radius 3 is 2.65 bits per heavy atom. The van der Waals surface area contributed by atoms with E-state index in [9.17, 15) is 13.2 Å². The molecule has 118 valence electrons. The summed E-state index contributed by atoms with van der Waals surface area (Å²) < 4.78 is 43.0. The predicted molar refractivity (Wildman–Crippen MR) is 79.2 cm³/mol. The highest BCUT2D eigenvalue weighted by Crippen LogP contribution is 2.33. The number of fused-ring (bicyclic) bond motifs is 1. The SMILES string of the molecule is Fc1ccc(-c2cc(OCC(F)F)c3ncnc(Cl)c3c2)nc1. The van der Waals surface area contributed by atoms with Gasteiger partial charge in [-0.2, -0.15) is 0 Å². The molecule has 3 aromatic rings. The molecule has 8 heteroatoms. The number of alkyl halides is 2. The lowest BCUT2D eigenvalue weighted by atomic mass is 10.1. The maximum atomic E-state index is 13.0. The Kier molecular flexibility index (Phi) is 4.29. The molecule has 3 rings (SSSR count). The summed E-state index contributed by atoms with van der Waals surface area (Å²) in [7, 11) is 0. The van der Waals surface area contributed by atoms with Gasteiger partial charge >= 0.3 is 0 Å². The molecule has 4 nitrogen and oxygen atoms in total. The summed E-state index contributed by atoms with van der Waals surface area (Å²) in [5, 5.41) is 0.586. The van der Waals surface area contributed by atoms with Crippen LogP contribution in [0.2, 0.25) is 5.15 Å². The minimum atomic E-state index is -2.63. The number of benzene rings is 1. The number of halogens is 4. The van der Waals surface area contributed by atoms with Gasteiger partial charge in [0.05, 0.1) is 11.9 Å². The van der Waals surface area contributed by atoms with Crippen LogP contribution in [-0.4, -0.2) is 28.0 Å².